The average Bonchev–Trinajstić information content (AvgIpc) is 3.24. The summed E-state index contributed by atoms with van der Waals surface area (Å²) in [7, 11) is 0. The van der Waals surface area contributed by atoms with E-state index in [1.54, 1.807) is 17.2 Å². The molecular weight excluding hydrogens is 346 g/mol. The molecule has 0 spiro atoms. The Hall–Kier alpha value is -3.16. The third-order valence-corrected chi connectivity index (χ3v) is 4.71. The number of oxazole rings is 1. The van der Waals surface area contributed by atoms with Crippen LogP contribution in [0, 0.1) is 6.92 Å². The van der Waals surface area contributed by atoms with Gasteiger partial charge in [-0.3, -0.25) is 14.3 Å². The Morgan fingerprint density at radius 2 is 2.19 bits per heavy atom. The molecule has 0 atom stereocenters. The number of pyridine rings is 1. The highest BCUT2D eigenvalue weighted by Crippen LogP contribution is 2.31. The number of hydrogen-bond acceptors (Lipinski definition) is 5. The molecular formula is C19H21N5O3. The molecule has 3 aromatic heterocycles. The van der Waals surface area contributed by atoms with Gasteiger partial charge in [0.15, 0.2) is 5.69 Å². The summed E-state index contributed by atoms with van der Waals surface area (Å²) in [6, 6.07) is 3.14. The van der Waals surface area contributed by atoms with Crippen molar-refractivity contribution in [3.05, 3.63) is 57.5 Å². The highest BCUT2D eigenvalue weighted by atomic mass is 16.4. The fourth-order valence-electron chi connectivity index (χ4n) is 3.44. The van der Waals surface area contributed by atoms with Crippen LogP contribution < -0.4 is 5.56 Å². The fourth-order valence-corrected chi connectivity index (χ4v) is 3.44. The molecule has 4 heterocycles. The van der Waals surface area contributed by atoms with E-state index in [1.165, 1.54) is 12.3 Å². The van der Waals surface area contributed by atoms with Crippen molar-refractivity contribution in [2.45, 2.75) is 39.8 Å². The standard InChI is InChI=1S/C19H21N5O3/c1-11(2)24-15-5-7-23(19(26)13-4-6-20-16(25)8-13)10-14(15)17(22-24)18-21-9-12(3)27-18/h4,6,8-9,11H,5,7,10H2,1-3H3,(H,20,25). The molecule has 0 unspecified atom stereocenters. The lowest BCUT2D eigenvalue weighted by atomic mass is 10.0. The van der Waals surface area contributed by atoms with Gasteiger partial charge < -0.3 is 14.3 Å². The number of aromatic amines is 1. The Bertz CT molecular complexity index is 1060. The first-order chi connectivity index (χ1) is 12.9. The fraction of sp³-hybridized carbons (Fsp3) is 0.368. The molecule has 0 radical (unpaired) electrons. The molecule has 0 aromatic carbocycles. The van der Waals surface area contributed by atoms with E-state index in [1.807, 2.05) is 11.6 Å². The summed E-state index contributed by atoms with van der Waals surface area (Å²) in [5.74, 6) is 1.01. The van der Waals surface area contributed by atoms with Crippen LogP contribution >= 0.6 is 0 Å². The number of nitrogens with one attached hydrogen (secondary N) is 1. The maximum atomic E-state index is 12.9. The molecule has 0 saturated heterocycles. The monoisotopic (exact) mass is 367 g/mol. The molecule has 1 amide bonds. The Labute approximate surface area is 155 Å². The largest absolute Gasteiger partial charge is 0.440 e. The van der Waals surface area contributed by atoms with Crippen LogP contribution in [0.4, 0.5) is 0 Å². The first kappa shape index (κ1) is 17.3. The zero-order valence-electron chi connectivity index (χ0n) is 15.5. The quantitative estimate of drug-likeness (QED) is 0.766. The van der Waals surface area contributed by atoms with E-state index < -0.39 is 0 Å². The van der Waals surface area contributed by atoms with Crippen molar-refractivity contribution in [2.24, 2.45) is 0 Å². The van der Waals surface area contributed by atoms with E-state index in [-0.39, 0.29) is 17.5 Å². The van der Waals surface area contributed by atoms with Crippen LogP contribution in [0.2, 0.25) is 0 Å². The van der Waals surface area contributed by atoms with E-state index in [9.17, 15) is 9.59 Å². The van der Waals surface area contributed by atoms with Crippen molar-refractivity contribution in [3.8, 4) is 11.6 Å². The Morgan fingerprint density at radius 1 is 1.37 bits per heavy atom. The van der Waals surface area contributed by atoms with E-state index >= 15 is 0 Å². The number of aryl methyl sites for hydroxylation is 1. The molecule has 8 heteroatoms. The lowest BCUT2D eigenvalue weighted by Crippen LogP contribution is -2.37. The topological polar surface area (TPSA) is 97.0 Å². The van der Waals surface area contributed by atoms with Gasteiger partial charge in [-0.15, -0.1) is 0 Å². The van der Waals surface area contributed by atoms with E-state index in [0.29, 0.717) is 42.4 Å². The molecule has 3 aromatic rings. The van der Waals surface area contributed by atoms with Crippen LogP contribution in [-0.2, 0) is 13.0 Å². The van der Waals surface area contributed by atoms with Crippen molar-refractivity contribution in [2.75, 3.05) is 6.54 Å². The molecule has 1 aliphatic heterocycles. The summed E-state index contributed by atoms with van der Waals surface area (Å²) in [6.07, 6.45) is 3.84. The normalized spacial score (nSPS) is 13.9. The number of rotatable bonds is 3. The average molecular weight is 367 g/mol. The molecule has 0 bridgehead atoms. The maximum Gasteiger partial charge on any atom is 0.254 e. The highest BCUT2D eigenvalue weighted by molar-refractivity contribution is 5.94. The minimum Gasteiger partial charge on any atom is -0.440 e. The van der Waals surface area contributed by atoms with Gasteiger partial charge in [0.05, 0.1) is 12.7 Å². The molecule has 0 aliphatic carbocycles. The number of nitrogens with zero attached hydrogens (tertiary/aromatic N) is 4. The number of amides is 1. The van der Waals surface area contributed by atoms with Crippen LogP contribution in [0.25, 0.3) is 11.6 Å². The number of aromatic nitrogens is 4. The Kier molecular flexibility index (Phi) is 4.18. The third kappa shape index (κ3) is 3.07. The molecule has 140 valence electrons. The summed E-state index contributed by atoms with van der Waals surface area (Å²) < 4.78 is 7.67. The number of fused-ring (bicyclic) bond motifs is 1. The number of hydrogen-bond donors (Lipinski definition) is 1. The molecule has 27 heavy (non-hydrogen) atoms. The van der Waals surface area contributed by atoms with Gasteiger partial charge in [-0.05, 0) is 26.8 Å². The van der Waals surface area contributed by atoms with Crippen LogP contribution in [0.5, 0.6) is 0 Å². The van der Waals surface area contributed by atoms with Crippen LogP contribution in [0.1, 0.15) is 47.3 Å². The summed E-state index contributed by atoms with van der Waals surface area (Å²) >= 11 is 0. The van der Waals surface area contributed by atoms with Crippen molar-refractivity contribution in [1.82, 2.24) is 24.6 Å². The van der Waals surface area contributed by atoms with Gasteiger partial charge in [-0.25, -0.2) is 4.98 Å². The summed E-state index contributed by atoms with van der Waals surface area (Å²) in [5.41, 5.74) is 2.82. The van der Waals surface area contributed by atoms with Crippen LogP contribution in [0.15, 0.2) is 33.7 Å². The van der Waals surface area contributed by atoms with Crippen LogP contribution in [-0.4, -0.2) is 37.1 Å². The zero-order valence-corrected chi connectivity index (χ0v) is 15.5. The van der Waals surface area contributed by atoms with Gasteiger partial charge in [0.25, 0.3) is 5.91 Å². The first-order valence-electron chi connectivity index (χ1n) is 8.95. The van der Waals surface area contributed by atoms with Crippen LogP contribution in [0.3, 0.4) is 0 Å². The van der Waals surface area contributed by atoms with Gasteiger partial charge in [-0.2, -0.15) is 5.10 Å². The van der Waals surface area contributed by atoms with Gasteiger partial charge >= 0.3 is 0 Å². The first-order valence-corrected chi connectivity index (χ1v) is 8.95. The van der Waals surface area contributed by atoms with Gasteiger partial charge in [-0.1, -0.05) is 0 Å². The van der Waals surface area contributed by atoms with Crippen molar-refractivity contribution in [1.29, 1.82) is 0 Å². The second-order valence-corrected chi connectivity index (χ2v) is 7.01. The van der Waals surface area contributed by atoms with E-state index in [0.717, 1.165) is 11.3 Å². The molecule has 1 aliphatic rings. The molecule has 8 nitrogen and oxygen atoms in total. The van der Waals surface area contributed by atoms with Crippen molar-refractivity contribution < 1.29 is 9.21 Å². The lowest BCUT2D eigenvalue weighted by molar-refractivity contribution is 0.0733. The summed E-state index contributed by atoms with van der Waals surface area (Å²) in [6.45, 7) is 6.97. The highest BCUT2D eigenvalue weighted by Gasteiger charge is 2.30. The smallest absolute Gasteiger partial charge is 0.254 e. The minimum atomic E-state index is -0.290. The Morgan fingerprint density at radius 3 is 2.85 bits per heavy atom. The van der Waals surface area contributed by atoms with Crippen molar-refractivity contribution in [3.63, 3.8) is 0 Å². The lowest BCUT2D eigenvalue weighted by Gasteiger charge is -2.28. The maximum absolute atomic E-state index is 12.9. The SMILES string of the molecule is Cc1cnc(-c2nn(C(C)C)c3c2CN(C(=O)c2cc[nH]c(=O)c2)CC3)o1. The van der Waals surface area contributed by atoms with Crippen molar-refractivity contribution >= 4 is 5.91 Å². The zero-order chi connectivity index (χ0) is 19.1. The summed E-state index contributed by atoms with van der Waals surface area (Å²) in [5, 5.41) is 4.72. The Balaban J connectivity index is 1.73. The molecule has 0 fully saturated rings. The molecule has 0 saturated carbocycles. The van der Waals surface area contributed by atoms with E-state index in [4.69, 9.17) is 9.52 Å². The van der Waals surface area contributed by atoms with E-state index in [2.05, 4.69) is 23.8 Å². The van der Waals surface area contributed by atoms with Gasteiger partial charge in [0.1, 0.15) is 5.76 Å². The predicted octanol–water partition coefficient (Wildman–Crippen LogP) is 2.31. The van der Waals surface area contributed by atoms with Gasteiger partial charge in [0, 0.05) is 48.1 Å². The number of carbonyl (C=O) groups is 1. The third-order valence-electron chi connectivity index (χ3n) is 4.71. The second kappa shape index (κ2) is 6.53. The second-order valence-electron chi connectivity index (χ2n) is 7.01. The summed E-state index contributed by atoms with van der Waals surface area (Å²) in [4.78, 5) is 33.0. The number of H-pyrrole nitrogens is 1. The number of carbonyl (C=O) groups excluding carboxylic acids is 1. The molecule has 1 N–H and O–H groups in total. The molecule has 4 rings (SSSR count). The minimum absolute atomic E-state index is 0.168. The predicted molar refractivity (Wildman–Crippen MR) is 98.4 cm³/mol. The van der Waals surface area contributed by atoms with Gasteiger partial charge in [0.2, 0.25) is 11.4 Å².